The molecule has 0 saturated heterocycles. The number of nitrogens with one attached hydrogen (secondary N) is 1. The molecule has 0 aliphatic rings. The van der Waals surface area contributed by atoms with Gasteiger partial charge < -0.3 is 15.2 Å². The van der Waals surface area contributed by atoms with Crippen LogP contribution in [0, 0.1) is 13.8 Å². The minimum Gasteiger partial charge on any atom is -0.508 e. The first-order chi connectivity index (χ1) is 10.0. The van der Waals surface area contributed by atoms with E-state index in [9.17, 15) is 9.90 Å². The number of phenolic OH excluding ortho intramolecular Hbond substituents is 1. The zero-order valence-electron chi connectivity index (χ0n) is 12.4. The summed E-state index contributed by atoms with van der Waals surface area (Å²) in [7, 11) is 1.59. The highest BCUT2D eigenvalue weighted by atomic mass is 16.5. The van der Waals surface area contributed by atoms with Crippen molar-refractivity contribution in [3.05, 3.63) is 53.1 Å². The fraction of sp³-hybridized carbons (Fsp3) is 0.235. The van der Waals surface area contributed by atoms with Crippen LogP contribution in [0.15, 0.2) is 36.4 Å². The molecule has 0 atom stereocenters. The molecule has 0 bridgehead atoms. The van der Waals surface area contributed by atoms with Crippen LogP contribution in [0.1, 0.15) is 16.7 Å². The van der Waals surface area contributed by atoms with Crippen LogP contribution in [0.4, 0.5) is 5.69 Å². The number of hydrogen-bond donors (Lipinski definition) is 2. The lowest BCUT2D eigenvalue weighted by molar-refractivity contribution is -0.115. The van der Waals surface area contributed by atoms with Gasteiger partial charge in [-0.05, 0) is 43.2 Å². The summed E-state index contributed by atoms with van der Waals surface area (Å²) in [6.07, 6.45) is 0.239. The summed E-state index contributed by atoms with van der Waals surface area (Å²) in [5.41, 5.74) is 3.11. The molecule has 0 aliphatic heterocycles. The zero-order chi connectivity index (χ0) is 15.4. The lowest BCUT2D eigenvalue weighted by Gasteiger charge is -2.12. The molecule has 2 N–H and O–H groups in total. The van der Waals surface area contributed by atoms with Crippen LogP contribution in [-0.4, -0.2) is 18.1 Å². The van der Waals surface area contributed by atoms with Crippen molar-refractivity contribution < 1.29 is 14.6 Å². The van der Waals surface area contributed by atoms with Crippen LogP contribution in [0.2, 0.25) is 0 Å². The normalized spacial score (nSPS) is 10.2. The number of carbonyl (C=O) groups is 1. The molecule has 0 aliphatic carbocycles. The maximum Gasteiger partial charge on any atom is 0.228 e. The van der Waals surface area contributed by atoms with Gasteiger partial charge in [0, 0.05) is 11.3 Å². The van der Waals surface area contributed by atoms with Gasteiger partial charge in [0.1, 0.15) is 11.5 Å². The Balaban J connectivity index is 2.14. The van der Waals surface area contributed by atoms with Crippen molar-refractivity contribution in [2.24, 2.45) is 0 Å². The standard InChI is InChI=1S/C17H19NO3/c1-11-9-15(19)12(2)8-14(11)18-17(20)10-13-6-4-5-7-16(13)21-3/h4-9,19H,10H2,1-3H3,(H,18,20). The number of aromatic hydroxyl groups is 1. The molecule has 0 fully saturated rings. The molecule has 0 heterocycles. The molecule has 0 aromatic heterocycles. The van der Waals surface area contributed by atoms with Gasteiger partial charge in [-0.2, -0.15) is 0 Å². The number of amides is 1. The highest BCUT2D eigenvalue weighted by Crippen LogP contribution is 2.25. The molecule has 4 heteroatoms. The molecular weight excluding hydrogens is 266 g/mol. The van der Waals surface area contributed by atoms with Gasteiger partial charge in [0.2, 0.25) is 5.91 Å². The molecule has 0 unspecified atom stereocenters. The molecule has 1 amide bonds. The van der Waals surface area contributed by atoms with Gasteiger partial charge in [0.15, 0.2) is 0 Å². The summed E-state index contributed by atoms with van der Waals surface area (Å²) in [5, 5.41) is 12.5. The Kier molecular flexibility index (Phi) is 4.48. The van der Waals surface area contributed by atoms with Crippen LogP contribution in [0.3, 0.4) is 0 Å². The van der Waals surface area contributed by atoms with Gasteiger partial charge >= 0.3 is 0 Å². The lowest BCUT2D eigenvalue weighted by Crippen LogP contribution is -2.15. The highest BCUT2D eigenvalue weighted by molar-refractivity contribution is 5.93. The maximum absolute atomic E-state index is 12.2. The Labute approximate surface area is 124 Å². The monoisotopic (exact) mass is 285 g/mol. The zero-order valence-corrected chi connectivity index (χ0v) is 12.4. The Morgan fingerprint density at radius 2 is 1.90 bits per heavy atom. The fourth-order valence-electron chi connectivity index (χ4n) is 2.15. The van der Waals surface area contributed by atoms with E-state index in [1.165, 1.54) is 0 Å². The number of anilines is 1. The van der Waals surface area contributed by atoms with E-state index in [2.05, 4.69) is 5.32 Å². The van der Waals surface area contributed by atoms with E-state index in [4.69, 9.17) is 4.74 Å². The van der Waals surface area contributed by atoms with Crippen LogP contribution in [0.5, 0.6) is 11.5 Å². The van der Waals surface area contributed by atoms with Gasteiger partial charge in [-0.3, -0.25) is 4.79 Å². The maximum atomic E-state index is 12.2. The van der Waals surface area contributed by atoms with Crippen LogP contribution in [-0.2, 0) is 11.2 Å². The Morgan fingerprint density at radius 3 is 2.62 bits per heavy atom. The third-order valence-electron chi connectivity index (χ3n) is 3.36. The summed E-state index contributed by atoms with van der Waals surface area (Å²) in [6, 6.07) is 10.9. The van der Waals surface area contributed by atoms with Crippen molar-refractivity contribution in [1.82, 2.24) is 0 Å². The number of rotatable bonds is 4. The lowest BCUT2D eigenvalue weighted by atomic mass is 10.1. The molecule has 110 valence electrons. The number of carbonyl (C=O) groups excluding carboxylic acids is 1. The van der Waals surface area contributed by atoms with Crippen molar-refractivity contribution in [3.63, 3.8) is 0 Å². The first-order valence-electron chi connectivity index (χ1n) is 6.73. The Morgan fingerprint density at radius 1 is 1.19 bits per heavy atom. The van der Waals surface area contributed by atoms with E-state index in [1.807, 2.05) is 31.2 Å². The first-order valence-corrected chi connectivity index (χ1v) is 6.73. The predicted molar refractivity (Wildman–Crippen MR) is 82.9 cm³/mol. The minimum absolute atomic E-state index is 0.118. The van der Waals surface area contributed by atoms with E-state index >= 15 is 0 Å². The van der Waals surface area contributed by atoms with Crippen molar-refractivity contribution >= 4 is 11.6 Å². The second-order valence-corrected chi connectivity index (χ2v) is 4.99. The molecule has 4 nitrogen and oxygen atoms in total. The number of phenols is 1. The predicted octanol–water partition coefficient (Wildman–Crippen LogP) is 3.20. The number of methoxy groups -OCH3 is 1. The molecule has 2 aromatic rings. The summed E-state index contributed by atoms with van der Waals surface area (Å²) in [5.74, 6) is 0.814. The number of ether oxygens (including phenoxy) is 1. The summed E-state index contributed by atoms with van der Waals surface area (Å²) >= 11 is 0. The molecular formula is C17H19NO3. The number of aryl methyl sites for hydroxylation is 2. The third kappa shape index (κ3) is 3.54. The van der Waals surface area contributed by atoms with Gasteiger partial charge in [-0.15, -0.1) is 0 Å². The van der Waals surface area contributed by atoms with E-state index in [0.717, 1.165) is 16.7 Å². The summed E-state index contributed by atoms with van der Waals surface area (Å²) in [4.78, 5) is 12.2. The van der Waals surface area contributed by atoms with Gasteiger partial charge in [-0.25, -0.2) is 0 Å². The van der Waals surface area contributed by atoms with E-state index in [0.29, 0.717) is 11.4 Å². The van der Waals surface area contributed by atoms with E-state index in [1.54, 1.807) is 26.2 Å². The largest absolute Gasteiger partial charge is 0.508 e. The second-order valence-electron chi connectivity index (χ2n) is 4.99. The molecule has 21 heavy (non-hydrogen) atoms. The molecule has 2 rings (SSSR count). The number of hydrogen-bond acceptors (Lipinski definition) is 3. The van der Waals surface area contributed by atoms with Crippen molar-refractivity contribution in [2.45, 2.75) is 20.3 Å². The molecule has 0 radical (unpaired) electrons. The smallest absolute Gasteiger partial charge is 0.228 e. The van der Waals surface area contributed by atoms with Crippen LogP contribution < -0.4 is 10.1 Å². The molecule has 0 saturated carbocycles. The van der Waals surface area contributed by atoms with Crippen LogP contribution >= 0.6 is 0 Å². The fourth-order valence-corrected chi connectivity index (χ4v) is 2.15. The van der Waals surface area contributed by atoms with Gasteiger partial charge in [0.05, 0.1) is 13.5 Å². The average Bonchev–Trinajstić information content (AvgIpc) is 2.45. The third-order valence-corrected chi connectivity index (χ3v) is 3.36. The Bertz CT molecular complexity index is 665. The number of para-hydroxylation sites is 1. The summed E-state index contributed by atoms with van der Waals surface area (Å²) in [6.45, 7) is 3.64. The van der Waals surface area contributed by atoms with Gasteiger partial charge in [-0.1, -0.05) is 18.2 Å². The van der Waals surface area contributed by atoms with Crippen molar-refractivity contribution in [3.8, 4) is 11.5 Å². The topological polar surface area (TPSA) is 58.6 Å². The number of benzene rings is 2. The molecule has 2 aromatic carbocycles. The quantitative estimate of drug-likeness (QED) is 0.848. The first kappa shape index (κ1) is 14.9. The van der Waals surface area contributed by atoms with Crippen molar-refractivity contribution in [2.75, 3.05) is 12.4 Å². The molecule has 0 spiro atoms. The second kappa shape index (κ2) is 6.31. The van der Waals surface area contributed by atoms with E-state index in [-0.39, 0.29) is 18.1 Å². The van der Waals surface area contributed by atoms with Crippen molar-refractivity contribution in [1.29, 1.82) is 0 Å². The SMILES string of the molecule is COc1ccccc1CC(=O)Nc1cc(C)c(O)cc1C. The summed E-state index contributed by atoms with van der Waals surface area (Å²) < 4.78 is 5.24. The van der Waals surface area contributed by atoms with E-state index < -0.39 is 0 Å². The highest BCUT2D eigenvalue weighted by Gasteiger charge is 2.10. The van der Waals surface area contributed by atoms with Gasteiger partial charge in [0.25, 0.3) is 0 Å². The Hall–Kier alpha value is -2.49. The van der Waals surface area contributed by atoms with Crippen LogP contribution in [0.25, 0.3) is 0 Å². The average molecular weight is 285 g/mol. The minimum atomic E-state index is -0.118.